The van der Waals surface area contributed by atoms with Crippen molar-refractivity contribution in [2.24, 2.45) is 0 Å². The number of carbonyl (C=O) groups is 1. The van der Waals surface area contributed by atoms with E-state index in [1.807, 2.05) is 41.8 Å². The van der Waals surface area contributed by atoms with E-state index < -0.39 is 4.92 Å². The average molecular weight is 323 g/mol. The summed E-state index contributed by atoms with van der Waals surface area (Å²) in [4.78, 5) is 22.8. The van der Waals surface area contributed by atoms with Gasteiger partial charge in [0.05, 0.1) is 10.6 Å². The van der Waals surface area contributed by atoms with Crippen LogP contribution in [-0.4, -0.2) is 15.4 Å². The number of anilines is 1. The van der Waals surface area contributed by atoms with Crippen LogP contribution in [0.3, 0.4) is 0 Å². The van der Waals surface area contributed by atoms with Crippen LogP contribution in [0.5, 0.6) is 0 Å². The second kappa shape index (κ2) is 6.16. The Labute approximate surface area is 138 Å². The largest absolute Gasteiger partial charge is 0.335 e. The molecule has 0 bridgehead atoms. The number of rotatable bonds is 4. The van der Waals surface area contributed by atoms with Crippen molar-refractivity contribution in [2.75, 3.05) is 5.32 Å². The third-order valence-electron chi connectivity index (χ3n) is 4.03. The first-order valence-corrected chi connectivity index (χ1v) is 7.55. The van der Waals surface area contributed by atoms with Gasteiger partial charge >= 0.3 is 0 Å². The number of non-ortho nitro benzene ring substituents is 1. The first-order valence-electron chi connectivity index (χ1n) is 7.55. The number of nitro groups is 1. The van der Waals surface area contributed by atoms with Gasteiger partial charge in [-0.15, -0.1) is 0 Å². The number of carbonyl (C=O) groups excluding carboxylic acids is 1. The number of hydrogen-bond donors (Lipinski definition) is 1. The monoisotopic (exact) mass is 323 g/mol. The SMILES string of the molecule is Cc1ccc([N+](=O)[O-])cc1NC(=O)Cn1c(C)cc2ccccc21. The number of aromatic nitrogens is 1. The maximum atomic E-state index is 12.4. The molecule has 1 N–H and O–H groups in total. The van der Waals surface area contributed by atoms with E-state index in [4.69, 9.17) is 0 Å². The van der Waals surface area contributed by atoms with Crippen LogP contribution in [0, 0.1) is 24.0 Å². The molecule has 0 aliphatic heterocycles. The fourth-order valence-corrected chi connectivity index (χ4v) is 2.75. The van der Waals surface area contributed by atoms with Gasteiger partial charge < -0.3 is 9.88 Å². The van der Waals surface area contributed by atoms with Crippen molar-refractivity contribution in [1.82, 2.24) is 4.57 Å². The molecule has 3 rings (SSSR count). The summed E-state index contributed by atoms with van der Waals surface area (Å²) < 4.78 is 1.93. The highest BCUT2D eigenvalue weighted by atomic mass is 16.6. The predicted octanol–water partition coefficient (Wildman–Crippen LogP) is 3.81. The Hall–Kier alpha value is -3.15. The Bertz CT molecular complexity index is 944. The van der Waals surface area contributed by atoms with Crippen molar-refractivity contribution in [1.29, 1.82) is 0 Å². The molecule has 0 unspecified atom stereocenters. The first kappa shape index (κ1) is 15.7. The minimum Gasteiger partial charge on any atom is -0.335 e. The van der Waals surface area contributed by atoms with E-state index in [-0.39, 0.29) is 18.1 Å². The van der Waals surface area contributed by atoms with E-state index in [1.54, 1.807) is 13.0 Å². The quantitative estimate of drug-likeness (QED) is 0.586. The lowest BCUT2D eigenvalue weighted by Gasteiger charge is -2.11. The fraction of sp³-hybridized carbons (Fsp3) is 0.167. The van der Waals surface area contributed by atoms with Gasteiger partial charge in [0, 0.05) is 23.3 Å². The molecule has 0 spiro atoms. The minimum atomic E-state index is -0.474. The normalized spacial score (nSPS) is 10.8. The van der Waals surface area contributed by atoms with Gasteiger partial charge in [0.2, 0.25) is 5.91 Å². The number of fused-ring (bicyclic) bond motifs is 1. The number of benzene rings is 2. The van der Waals surface area contributed by atoms with Gasteiger partial charge in [-0.2, -0.15) is 0 Å². The highest BCUT2D eigenvalue weighted by molar-refractivity contribution is 5.93. The van der Waals surface area contributed by atoms with E-state index in [2.05, 4.69) is 5.32 Å². The third kappa shape index (κ3) is 2.99. The summed E-state index contributed by atoms with van der Waals surface area (Å²) in [5.74, 6) is -0.219. The molecule has 1 amide bonds. The summed E-state index contributed by atoms with van der Waals surface area (Å²) in [7, 11) is 0. The van der Waals surface area contributed by atoms with Crippen LogP contribution in [0.2, 0.25) is 0 Å². The maximum absolute atomic E-state index is 12.4. The van der Waals surface area contributed by atoms with Gasteiger partial charge in [0.15, 0.2) is 0 Å². The number of nitrogens with one attached hydrogen (secondary N) is 1. The molecular formula is C18H17N3O3. The Morgan fingerprint density at radius 1 is 1.17 bits per heavy atom. The van der Waals surface area contributed by atoms with Crippen LogP contribution in [-0.2, 0) is 11.3 Å². The molecule has 0 saturated heterocycles. The lowest BCUT2D eigenvalue weighted by atomic mass is 10.2. The third-order valence-corrected chi connectivity index (χ3v) is 4.03. The molecule has 24 heavy (non-hydrogen) atoms. The molecule has 0 saturated carbocycles. The van der Waals surface area contributed by atoms with Crippen molar-refractivity contribution in [3.8, 4) is 0 Å². The zero-order valence-electron chi connectivity index (χ0n) is 13.4. The number of hydrogen-bond acceptors (Lipinski definition) is 3. The lowest BCUT2D eigenvalue weighted by molar-refractivity contribution is -0.384. The zero-order valence-corrected chi connectivity index (χ0v) is 13.4. The van der Waals surface area contributed by atoms with Gasteiger partial charge in [-0.25, -0.2) is 0 Å². The Balaban J connectivity index is 1.84. The molecule has 0 radical (unpaired) electrons. The van der Waals surface area contributed by atoms with E-state index >= 15 is 0 Å². The molecular weight excluding hydrogens is 306 g/mol. The second-order valence-corrected chi connectivity index (χ2v) is 5.74. The molecule has 1 heterocycles. The maximum Gasteiger partial charge on any atom is 0.271 e. The summed E-state index contributed by atoms with van der Waals surface area (Å²) in [6.45, 7) is 3.91. The number of nitro benzene ring substituents is 1. The smallest absolute Gasteiger partial charge is 0.271 e. The summed E-state index contributed by atoms with van der Waals surface area (Å²) in [5, 5.41) is 14.7. The number of nitrogens with zero attached hydrogens (tertiary/aromatic N) is 2. The molecule has 3 aromatic rings. The van der Waals surface area contributed by atoms with Gasteiger partial charge in [-0.3, -0.25) is 14.9 Å². The molecule has 0 atom stereocenters. The molecule has 0 fully saturated rings. The summed E-state index contributed by atoms with van der Waals surface area (Å²) in [6.07, 6.45) is 0. The Kier molecular flexibility index (Phi) is 4.04. The molecule has 122 valence electrons. The van der Waals surface area contributed by atoms with Crippen LogP contribution in [0.1, 0.15) is 11.3 Å². The van der Waals surface area contributed by atoms with Gasteiger partial charge in [0.1, 0.15) is 6.54 Å². The average Bonchev–Trinajstić information content (AvgIpc) is 2.85. The van der Waals surface area contributed by atoms with Crippen molar-refractivity contribution >= 4 is 28.2 Å². The topological polar surface area (TPSA) is 77.2 Å². The summed E-state index contributed by atoms with van der Waals surface area (Å²) >= 11 is 0. The van der Waals surface area contributed by atoms with Crippen LogP contribution < -0.4 is 5.32 Å². The lowest BCUT2D eigenvalue weighted by Crippen LogP contribution is -2.19. The van der Waals surface area contributed by atoms with Crippen molar-refractivity contribution < 1.29 is 9.72 Å². The standard InChI is InChI=1S/C18H17N3O3/c1-12-7-8-15(21(23)24)10-16(12)19-18(22)11-20-13(2)9-14-5-3-4-6-17(14)20/h3-10H,11H2,1-2H3,(H,19,22). The Morgan fingerprint density at radius 3 is 2.67 bits per heavy atom. The van der Waals surface area contributed by atoms with Gasteiger partial charge in [-0.1, -0.05) is 24.3 Å². The van der Waals surface area contributed by atoms with E-state index in [1.165, 1.54) is 12.1 Å². The van der Waals surface area contributed by atoms with Crippen molar-refractivity contribution in [2.45, 2.75) is 20.4 Å². The predicted molar refractivity (Wildman–Crippen MR) is 93.1 cm³/mol. The van der Waals surface area contributed by atoms with Crippen LogP contribution in [0.25, 0.3) is 10.9 Å². The van der Waals surface area contributed by atoms with Gasteiger partial charge in [0.25, 0.3) is 5.69 Å². The molecule has 6 nitrogen and oxygen atoms in total. The number of amides is 1. The zero-order chi connectivity index (χ0) is 17.3. The van der Waals surface area contributed by atoms with E-state index in [0.29, 0.717) is 5.69 Å². The highest BCUT2D eigenvalue weighted by Crippen LogP contribution is 2.23. The minimum absolute atomic E-state index is 0.0431. The highest BCUT2D eigenvalue weighted by Gasteiger charge is 2.13. The number of para-hydroxylation sites is 1. The summed E-state index contributed by atoms with van der Waals surface area (Å²) in [6, 6.07) is 14.3. The van der Waals surface area contributed by atoms with E-state index in [9.17, 15) is 14.9 Å². The Morgan fingerprint density at radius 2 is 1.92 bits per heavy atom. The molecule has 1 aromatic heterocycles. The summed E-state index contributed by atoms with van der Waals surface area (Å²) in [5.41, 5.74) is 3.17. The molecule has 2 aromatic carbocycles. The fourth-order valence-electron chi connectivity index (χ4n) is 2.75. The molecule has 0 aliphatic carbocycles. The second-order valence-electron chi connectivity index (χ2n) is 5.74. The first-order chi connectivity index (χ1) is 11.5. The molecule has 6 heteroatoms. The van der Waals surface area contributed by atoms with E-state index in [0.717, 1.165) is 22.2 Å². The van der Waals surface area contributed by atoms with Crippen molar-refractivity contribution in [3.05, 3.63) is 69.9 Å². The van der Waals surface area contributed by atoms with Crippen LogP contribution >= 0.6 is 0 Å². The molecule has 0 aliphatic rings. The van der Waals surface area contributed by atoms with Crippen LogP contribution in [0.4, 0.5) is 11.4 Å². The van der Waals surface area contributed by atoms with Crippen molar-refractivity contribution in [3.63, 3.8) is 0 Å². The van der Waals surface area contributed by atoms with Crippen LogP contribution in [0.15, 0.2) is 48.5 Å². The number of aryl methyl sites for hydroxylation is 2. The van der Waals surface area contributed by atoms with Gasteiger partial charge in [-0.05, 0) is 36.9 Å².